The Bertz CT molecular complexity index is 1240. The van der Waals surface area contributed by atoms with Crippen LogP contribution in [0, 0.1) is 6.92 Å². The molecule has 2 heterocycles. The Morgan fingerprint density at radius 2 is 1.78 bits per heavy atom. The number of phenols is 1. The van der Waals surface area contributed by atoms with E-state index in [0.717, 1.165) is 28.1 Å². The summed E-state index contributed by atoms with van der Waals surface area (Å²) in [5, 5.41) is 17.0. The molecule has 2 N–H and O–H groups in total. The van der Waals surface area contributed by atoms with Gasteiger partial charge in [0, 0.05) is 23.6 Å². The standard InChI is InChI=1S/C25H22N2O5/c1-13-21-22(15-3-5-16(6-4-15)25(30)31-2)23-19(26-24(21)32-27-13)11-17(12-20(23)29)14-7-9-18(28)10-8-14/h3-10,17,22,26,28H,11-12H2,1-2H3/t17-,22-/m1/s1. The van der Waals surface area contributed by atoms with E-state index in [1.165, 1.54) is 7.11 Å². The summed E-state index contributed by atoms with van der Waals surface area (Å²) in [5.74, 6) is 0.0697. The molecule has 0 radical (unpaired) electrons. The monoisotopic (exact) mass is 430 g/mol. The number of rotatable bonds is 3. The third-order valence-electron chi connectivity index (χ3n) is 6.29. The number of nitrogens with one attached hydrogen (secondary N) is 1. The van der Waals surface area contributed by atoms with Gasteiger partial charge in [0.25, 0.3) is 0 Å². The zero-order chi connectivity index (χ0) is 22.4. The Labute approximate surface area is 184 Å². The van der Waals surface area contributed by atoms with Gasteiger partial charge >= 0.3 is 5.97 Å². The highest BCUT2D eigenvalue weighted by Gasteiger charge is 2.41. The van der Waals surface area contributed by atoms with Gasteiger partial charge in [-0.2, -0.15) is 0 Å². The zero-order valence-corrected chi connectivity index (χ0v) is 17.7. The number of allylic oxidation sites excluding steroid dienone is 2. The van der Waals surface area contributed by atoms with Crippen LogP contribution >= 0.6 is 0 Å². The molecule has 2 aromatic carbocycles. The number of esters is 1. The second-order valence-electron chi connectivity index (χ2n) is 8.19. The fraction of sp³-hybridized carbons (Fsp3) is 0.240. The molecule has 32 heavy (non-hydrogen) atoms. The molecule has 2 atom stereocenters. The Kier molecular flexibility index (Phi) is 4.81. The summed E-state index contributed by atoms with van der Waals surface area (Å²) in [4.78, 5) is 25.3. The second kappa shape index (κ2) is 7.67. The zero-order valence-electron chi connectivity index (χ0n) is 17.7. The van der Waals surface area contributed by atoms with E-state index in [2.05, 4.69) is 10.5 Å². The van der Waals surface area contributed by atoms with Crippen molar-refractivity contribution in [1.82, 2.24) is 5.16 Å². The maximum atomic E-state index is 13.5. The number of Topliss-reactive ketones (excluding diaryl/α,β-unsaturated/α-hetero) is 1. The highest BCUT2D eigenvalue weighted by Crippen LogP contribution is 2.49. The van der Waals surface area contributed by atoms with Crippen molar-refractivity contribution in [2.45, 2.75) is 31.6 Å². The summed E-state index contributed by atoms with van der Waals surface area (Å²) < 4.78 is 10.3. The van der Waals surface area contributed by atoms with Crippen LogP contribution < -0.4 is 5.32 Å². The van der Waals surface area contributed by atoms with E-state index in [-0.39, 0.29) is 23.4 Å². The molecule has 0 saturated heterocycles. The quantitative estimate of drug-likeness (QED) is 0.593. The molecule has 1 aliphatic heterocycles. The third kappa shape index (κ3) is 3.26. The van der Waals surface area contributed by atoms with E-state index >= 15 is 0 Å². The van der Waals surface area contributed by atoms with Crippen molar-refractivity contribution in [3.63, 3.8) is 0 Å². The van der Waals surface area contributed by atoms with Gasteiger partial charge in [0.05, 0.1) is 23.9 Å². The van der Waals surface area contributed by atoms with Gasteiger partial charge < -0.3 is 19.7 Å². The number of ether oxygens (including phenoxy) is 1. The SMILES string of the molecule is COC(=O)c1ccc([C@H]2C3=C(C[C@@H](c4ccc(O)cc4)CC3=O)Nc3onc(C)c32)cc1. The van der Waals surface area contributed by atoms with Crippen molar-refractivity contribution in [3.05, 3.63) is 87.7 Å². The van der Waals surface area contributed by atoms with Crippen LogP contribution in [0.2, 0.25) is 0 Å². The molecule has 0 fully saturated rings. The van der Waals surface area contributed by atoms with E-state index in [1.807, 2.05) is 31.2 Å². The number of carbonyl (C=O) groups excluding carboxylic acids is 2. The number of methoxy groups -OCH3 is 1. The molecule has 0 saturated carbocycles. The van der Waals surface area contributed by atoms with Crippen molar-refractivity contribution < 1.29 is 24.0 Å². The number of fused-ring (bicyclic) bond motifs is 1. The van der Waals surface area contributed by atoms with Gasteiger partial charge in [-0.3, -0.25) is 4.79 Å². The summed E-state index contributed by atoms with van der Waals surface area (Å²) in [7, 11) is 1.35. The Hall–Kier alpha value is -3.87. The molecule has 3 aromatic rings. The summed E-state index contributed by atoms with van der Waals surface area (Å²) in [6.07, 6.45) is 1.02. The van der Waals surface area contributed by atoms with Crippen molar-refractivity contribution in [3.8, 4) is 5.75 Å². The predicted molar refractivity (Wildman–Crippen MR) is 117 cm³/mol. The van der Waals surface area contributed by atoms with Gasteiger partial charge in [-0.15, -0.1) is 0 Å². The molecule has 2 aliphatic rings. The summed E-state index contributed by atoms with van der Waals surface area (Å²) in [6, 6.07) is 14.1. The number of hydrogen-bond donors (Lipinski definition) is 2. The predicted octanol–water partition coefficient (Wildman–Crippen LogP) is 4.43. The second-order valence-corrected chi connectivity index (χ2v) is 8.19. The lowest BCUT2D eigenvalue weighted by Crippen LogP contribution is -2.29. The first-order valence-corrected chi connectivity index (χ1v) is 10.4. The van der Waals surface area contributed by atoms with Gasteiger partial charge in [-0.25, -0.2) is 4.79 Å². The Morgan fingerprint density at radius 3 is 2.47 bits per heavy atom. The van der Waals surface area contributed by atoms with E-state index in [9.17, 15) is 14.7 Å². The average molecular weight is 430 g/mol. The van der Waals surface area contributed by atoms with Crippen LogP contribution in [-0.2, 0) is 9.53 Å². The molecule has 0 bridgehead atoms. The van der Waals surface area contributed by atoms with Gasteiger partial charge in [0.1, 0.15) is 5.75 Å². The third-order valence-corrected chi connectivity index (χ3v) is 6.29. The number of phenolic OH excluding ortho intramolecular Hbond substituents is 1. The number of aryl methyl sites for hydroxylation is 1. The number of carbonyl (C=O) groups is 2. The molecule has 1 aromatic heterocycles. The minimum atomic E-state index is -0.408. The Morgan fingerprint density at radius 1 is 1.09 bits per heavy atom. The van der Waals surface area contributed by atoms with Gasteiger partial charge in [0.2, 0.25) is 5.88 Å². The van der Waals surface area contributed by atoms with E-state index in [4.69, 9.17) is 9.26 Å². The van der Waals surface area contributed by atoms with Crippen LogP contribution in [0.4, 0.5) is 5.88 Å². The van der Waals surface area contributed by atoms with Gasteiger partial charge in [-0.1, -0.05) is 29.4 Å². The first-order valence-electron chi connectivity index (χ1n) is 10.4. The lowest BCUT2D eigenvalue weighted by molar-refractivity contribution is -0.116. The molecule has 1 aliphatic carbocycles. The normalized spacial score (nSPS) is 19.8. The average Bonchev–Trinajstić information content (AvgIpc) is 3.18. The molecule has 7 nitrogen and oxygen atoms in total. The summed E-state index contributed by atoms with van der Waals surface area (Å²) in [5.41, 5.74) is 5.43. The van der Waals surface area contributed by atoms with Crippen molar-refractivity contribution >= 4 is 17.6 Å². The van der Waals surface area contributed by atoms with Crippen LogP contribution in [0.25, 0.3) is 0 Å². The van der Waals surface area contributed by atoms with E-state index < -0.39 is 5.97 Å². The highest BCUT2D eigenvalue weighted by molar-refractivity contribution is 6.01. The topological polar surface area (TPSA) is 102 Å². The molecule has 5 rings (SSSR count). The smallest absolute Gasteiger partial charge is 0.337 e. The highest BCUT2D eigenvalue weighted by atomic mass is 16.5. The maximum absolute atomic E-state index is 13.5. The summed E-state index contributed by atoms with van der Waals surface area (Å²) >= 11 is 0. The van der Waals surface area contributed by atoms with Crippen LogP contribution in [0.1, 0.15) is 57.4 Å². The number of anilines is 1. The molecule has 0 spiro atoms. The first kappa shape index (κ1) is 20.1. The molecule has 0 amide bonds. The lowest BCUT2D eigenvalue weighted by Gasteiger charge is -2.34. The fourth-order valence-electron chi connectivity index (χ4n) is 4.72. The largest absolute Gasteiger partial charge is 0.508 e. The van der Waals surface area contributed by atoms with Crippen LogP contribution in [0.15, 0.2) is 64.3 Å². The number of benzene rings is 2. The Balaban J connectivity index is 1.57. The maximum Gasteiger partial charge on any atom is 0.337 e. The molecule has 162 valence electrons. The van der Waals surface area contributed by atoms with Crippen molar-refractivity contribution in [2.24, 2.45) is 0 Å². The van der Waals surface area contributed by atoms with Gasteiger partial charge in [0.15, 0.2) is 5.78 Å². The molecule has 0 unspecified atom stereocenters. The molecule has 7 heteroatoms. The number of nitrogens with zero attached hydrogens (tertiary/aromatic N) is 1. The van der Waals surface area contributed by atoms with Gasteiger partial charge in [-0.05, 0) is 54.7 Å². The van der Waals surface area contributed by atoms with E-state index in [0.29, 0.717) is 29.9 Å². The van der Waals surface area contributed by atoms with E-state index in [1.54, 1.807) is 24.3 Å². The first-order chi connectivity index (χ1) is 15.5. The fourth-order valence-corrected chi connectivity index (χ4v) is 4.72. The number of hydrogen-bond acceptors (Lipinski definition) is 7. The van der Waals surface area contributed by atoms with Crippen molar-refractivity contribution in [1.29, 1.82) is 0 Å². The number of ketones is 1. The minimum absolute atomic E-state index is 0.00210. The van der Waals surface area contributed by atoms with Crippen LogP contribution in [0.5, 0.6) is 5.75 Å². The van der Waals surface area contributed by atoms with Crippen LogP contribution in [0.3, 0.4) is 0 Å². The lowest BCUT2D eigenvalue weighted by atomic mass is 9.72. The minimum Gasteiger partial charge on any atom is -0.508 e. The molecular formula is C25H22N2O5. The number of aromatic hydroxyl groups is 1. The summed E-state index contributed by atoms with van der Waals surface area (Å²) in [6.45, 7) is 1.86. The number of aromatic nitrogens is 1. The van der Waals surface area contributed by atoms with Crippen LogP contribution in [-0.4, -0.2) is 29.1 Å². The molecular weight excluding hydrogens is 408 g/mol. The van der Waals surface area contributed by atoms with Crippen molar-refractivity contribution in [2.75, 3.05) is 12.4 Å².